The molecule has 1 aromatic heterocycles. The van der Waals surface area contributed by atoms with Crippen LogP contribution < -0.4 is 15.4 Å². The Kier molecular flexibility index (Phi) is 3.06. The van der Waals surface area contributed by atoms with Crippen molar-refractivity contribution in [3.63, 3.8) is 0 Å². The van der Waals surface area contributed by atoms with Gasteiger partial charge in [-0.1, -0.05) is 11.3 Å². The molecule has 2 heterocycles. The summed E-state index contributed by atoms with van der Waals surface area (Å²) in [5.41, 5.74) is 0.325. The third-order valence-corrected chi connectivity index (χ3v) is 5.05. The van der Waals surface area contributed by atoms with Crippen LogP contribution in [0.4, 0.5) is 9.93 Å². The number of nitrogens with two attached hydrogens (primary N) is 1. The van der Waals surface area contributed by atoms with Crippen molar-refractivity contribution in [3.8, 4) is 0 Å². The monoisotopic (exact) mass is 276 g/mol. The van der Waals surface area contributed by atoms with Gasteiger partial charge in [-0.25, -0.2) is 23.3 Å². The van der Waals surface area contributed by atoms with E-state index in [4.69, 9.17) is 5.14 Å². The lowest BCUT2D eigenvalue weighted by atomic mass is 10.3. The molecule has 9 heteroatoms. The molecule has 0 aliphatic carbocycles. The number of aromatic nitrogens is 1. The maximum Gasteiger partial charge on any atom is 0.323 e. The molecule has 94 valence electrons. The number of rotatable bonds is 2. The van der Waals surface area contributed by atoms with E-state index in [0.29, 0.717) is 23.9 Å². The Balaban J connectivity index is 2.37. The summed E-state index contributed by atoms with van der Waals surface area (Å²) in [6.07, 6.45) is 0.801. The molecule has 1 fully saturated rings. The van der Waals surface area contributed by atoms with Crippen molar-refractivity contribution in [2.75, 3.05) is 18.0 Å². The van der Waals surface area contributed by atoms with Gasteiger partial charge in [0.1, 0.15) is 0 Å². The minimum atomic E-state index is -3.77. The van der Waals surface area contributed by atoms with E-state index < -0.39 is 10.0 Å². The molecule has 1 aliphatic rings. The summed E-state index contributed by atoms with van der Waals surface area (Å²) in [6, 6.07) is -0.258. The maximum absolute atomic E-state index is 11.6. The van der Waals surface area contributed by atoms with Gasteiger partial charge in [-0.3, -0.25) is 4.90 Å². The second-order valence-electron chi connectivity index (χ2n) is 3.65. The lowest BCUT2D eigenvalue weighted by Gasteiger charge is -2.24. The molecule has 0 bridgehead atoms. The molecule has 7 nitrogen and oxygen atoms in total. The summed E-state index contributed by atoms with van der Waals surface area (Å²) < 4.78 is 22.5. The standard InChI is InChI=1S/C8H12N4O3S2/c1-5-6(17(9,14)15)16-8(11-5)12-4-2-3-10-7(12)13/h2-4H2,1H3,(H,10,13)(H2,9,14,15). The Morgan fingerprint density at radius 2 is 2.24 bits per heavy atom. The van der Waals surface area contributed by atoms with E-state index in [1.54, 1.807) is 6.92 Å². The fraction of sp³-hybridized carbons (Fsp3) is 0.500. The predicted octanol–water partition coefficient (Wildman–Crippen LogP) is 0.0186. The zero-order chi connectivity index (χ0) is 12.6. The largest absolute Gasteiger partial charge is 0.338 e. The third kappa shape index (κ3) is 2.40. The fourth-order valence-corrected chi connectivity index (χ4v) is 3.53. The summed E-state index contributed by atoms with van der Waals surface area (Å²) in [7, 11) is -3.77. The number of primary sulfonamides is 1. The van der Waals surface area contributed by atoms with Gasteiger partial charge in [0.25, 0.3) is 0 Å². The van der Waals surface area contributed by atoms with Crippen LogP contribution in [-0.4, -0.2) is 32.5 Å². The van der Waals surface area contributed by atoms with Gasteiger partial charge >= 0.3 is 6.03 Å². The fourth-order valence-electron chi connectivity index (χ4n) is 1.56. The number of urea groups is 1. The average molecular weight is 276 g/mol. The van der Waals surface area contributed by atoms with Crippen LogP contribution in [0.1, 0.15) is 12.1 Å². The quantitative estimate of drug-likeness (QED) is 0.794. The van der Waals surface area contributed by atoms with E-state index in [-0.39, 0.29) is 10.2 Å². The molecule has 3 N–H and O–H groups in total. The van der Waals surface area contributed by atoms with Crippen LogP contribution in [0.2, 0.25) is 0 Å². The molecule has 0 atom stereocenters. The zero-order valence-electron chi connectivity index (χ0n) is 9.13. The predicted molar refractivity (Wildman–Crippen MR) is 63.6 cm³/mol. The Morgan fingerprint density at radius 3 is 2.76 bits per heavy atom. The highest BCUT2D eigenvalue weighted by atomic mass is 32.2. The van der Waals surface area contributed by atoms with Crippen LogP contribution in [0.5, 0.6) is 0 Å². The van der Waals surface area contributed by atoms with Crippen LogP contribution in [-0.2, 0) is 10.0 Å². The molecular weight excluding hydrogens is 264 g/mol. The van der Waals surface area contributed by atoms with Gasteiger partial charge in [-0.05, 0) is 13.3 Å². The van der Waals surface area contributed by atoms with E-state index in [2.05, 4.69) is 10.3 Å². The first-order valence-electron chi connectivity index (χ1n) is 4.95. The number of amides is 2. The number of hydrogen-bond donors (Lipinski definition) is 2. The first kappa shape index (κ1) is 12.3. The Bertz CT molecular complexity index is 551. The molecule has 0 aromatic carbocycles. The Hall–Kier alpha value is -1.19. The van der Waals surface area contributed by atoms with Gasteiger partial charge in [0, 0.05) is 13.1 Å². The summed E-state index contributed by atoms with van der Waals surface area (Å²) in [6.45, 7) is 2.71. The number of aryl methyl sites for hydroxylation is 1. The van der Waals surface area contributed by atoms with Gasteiger partial charge in [0.2, 0.25) is 10.0 Å². The second-order valence-corrected chi connectivity index (χ2v) is 6.39. The van der Waals surface area contributed by atoms with Gasteiger partial charge in [-0.15, -0.1) is 0 Å². The minimum absolute atomic E-state index is 0.00544. The highest BCUT2D eigenvalue weighted by Gasteiger charge is 2.25. The number of anilines is 1. The highest BCUT2D eigenvalue weighted by Crippen LogP contribution is 2.29. The van der Waals surface area contributed by atoms with E-state index >= 15 is 0 Å². The number of carbonyl (C=O) groups is 1. The molecule has 2 amide bonds. The van der Waals surface area contributed by atoms with Gasteiger partial charge in [0.05, 0.1) is 5.69 Å². The SMILES string of the molecule is Cc1nc(N2CCCNC2=O)sc1S(N)(=O)=O. The number of nitrogens with one attached hydrogen (secondary N) is 1. The van der Waals surface area contributed by atoms with Crippen molar-refractivity contribution >= 4 is 32.5 Å². The molecule has 1 saturated heterocycles. The maximum atomic E-state index is 11.6. The summed E-state index contributed by atoms with van der Waals surface area (Å²) >= 11 is 0.918. The van der Waals surface area contributed by atoms with Crippen molar-refractivity contribution < 1.29 is 13.2 Å². The number of thiazole rings is 1. The molecule has 0 spiro atoms. The number of nitrogens with zero attached hydrogens (tertiary/aromatic N) is 2. The topological polar surface area (TPSA) is 105 Å². The van der Waals surface area contributed by atoms with Crippen LogP contribution >= 0.6 is 11.3 Å². The first-order chi connectivity index (χ1) is 7.89. The summed E-state index contributed by atoms with van der Waals surface area (Å²) in [5.74, 6) is 0. The molecular formula is C8H12N4O3S2. The highest BCUT2D eigenvalue weighted by molar-refractivity contribution is 7.91. The summed E-state index contributed by atoms with van der Waals surface area (Å²) in [5, 5.41) is 8.09. The molecule has 0 unspecified atom stereocenters. The molecule has 1 aliphatic heterocycles. The molecule has 2 rings (SSSR count). The van der Waals surface area contributed by atoms with Crippen molar-refractivity contribution in [2.24, 2.45) is 5.14 Å². The first-order valence-corrected chi connectivity index (χ1v) is 7.31. The van der Waals surface area contributed by atoms with Crippen molar-refractivity contribution in [1.29, 1.82) is 0 Å². The number of sulfonamides is 1. The van der Waals surface area contributed by atoms with E-state index in [0.717, 1.165) is 17.8 Å². The van der Waals surface area contributed by atoms with E-state index in [1.807, 2.05) is 0 Å². The minimum Gasteiger partial charge on any atom is -0.338 e. The second kappa shape index (κ2) is 4.24. The Labute approximate surface area is 103 Å². The zero-order valence-corrected chi connectivity index (χ0v) is 10.8. The Morgan fingerprint density at radius 1 is 1.53 bits per heavy atom. The molecule has 1 aromatic rings. The smallest absolute Gasteiger partial charge is 0.323 e. The molecule has 0 radical (unpaired) electrons. The van der Waals surface area contributed by atoms with Crippen LogP contribution in [0.3, 0.4) is 0 Å². The van der Waals surface area contributed by atoms with Crippen molar-refractivity contribution in [2.45, 2.75) is 17.6 Å². The van der Waals surface area contributed by atoms with Crippen molar-refractivity contribution in [1.82, 2.24) is 10.3 Å². The normalized spacial score (nSPS) is 17.1. The number of carbonyl (C=O) groups excluding carboxylic acids is 1. The lowest BCUT2D eigenvalue weighted by molar-refractivity contribution is 0.243. The van der Waals surface area contributed by atoms with Crippen molar-refractivity contribution in [3.05, 3.63) is 5.69 Å². The van der Waals surface area contributed by atoms with Crippen LogP contribution in [0, 0.1) is 6.92 Å². The lowest BCUT2D eigenvalue weighted by Crippen LogP contribution is -2.46. The van der Waals surface area contributed by atoms with Gasteiger partial charge in [0.15, 0.2) is 9.34 Å². The van der Waals surface area contributed by atoms with E-state index in [9.17, 15) is 13.2 Å². The van der Waals surface area contributed by atoms with Gasteiger partial charge < -0.3 is 5.32 Å². The average Bonchev–Trinajstić information content (AvgIpc) is 2.60. The van der Waals surface area contributed by atoms with Crippen LogP contribution in [0.15, 0.2) is 4.21 Å². The third-order valence-electron chi connectivity index (χ3n) is 2.31. The van der Waals surface area contributed by atoms with Gasteiger partial charge in [-0.2, -0.15) is 0 Å². The number of hydrogen-bond acceptors (Lipinski definition) is 5. The molecule has 17 heavy (non-hydrogen) atoms. The van der Waals surface area contributed by atoms with E-state index in [1.165, 1.54) is 4.90 Å². The molecule has 0 saturated carbocycles. The summed E-state index contributed by atoms with van der Waals surface area (Å²) in [4.78, 5) is 17.1. The van der Waals surface area contributed by atoms with Crippen LogP contribution in [0.25, 0.3) is 0 Å².